The number of phenols is 1. The molecule has 2 aromatic carbocycles. The smallest absolute Gasteiger partial charge is 0.257 e. The van der Waals surface area contributed by atoms with Crippen molar-refractivity contribution in [3.63, 3.8) is 0 Å². The standard InChI is InChI=1S/C21H23NO6/c1-6-14-19(12-7-8-16(25-2)15(23)9-12)22(21(14)24)13-10-17(26-3)20(28-5)18(11-13)27-4/h6-11,19,23H,1-5H3/b14-6+/t19-/m0/s1. The van der Waals surface area contributed by atoms with E-state index in [2.05, 4.69) is 0 Å². The third kappa shape index (κ3) is 2.98. The predicted molar refractivity (Wildman–Crippen MR) is 105 cm³/mol. The summed E-state index contributed by atoms with van der Waals surface area (Å²) >= 11 is 0. The molecule has 0 aliphatic carbocycles. The fourth-order valence-electron chi connectivity index (χ4n) is 3.41. The van der Waals surface area contributed by atoms with E-state index in [9.17, 15) is 9.90 Å². The van der Waals surface area contributed by atoms with Crippen LogP contribution in [-0.4, -0.2) is 39.5 Å². The monoisotopic (exact) mass is 385 g/mol. The van der Waals surface area contributed by atoms with E-state index in [1.807, 2.05) is 13.0 Å². The van der Waals surface area contributed by atoms with Crippen molar-refractivity contribution >= 4 is 11.6 Å². The van der Waals surface area contributed by atoms with Crippen LogP contribution in [0.3, 0.4) is 0 Å². The van der Waals surface area contributed by atoms with Gasteiger partial charge in [-0.1, -0.05) is 12.1 Å². The molecule has 0 saturated carbocycles. The lowest BCUT2D eigenvalue weighted by molar-refractivity contribution is -0.119. The molecule has 1 fully saturated rings. The molecule has 7 nitrogen and oxygen atoms in total. The largest absolute Gasteiger partial charge is 0.504 e. The number of ether oxygens (including phenoxy) is 4. The summed E-state index contributed by atoms with van der Waals surface area (Å²) in [6.45, 7) is 1.82. The number of anilines is 1. The maximum atomic E-state index is 12.8. The average Bonchev–Trinajstić information content (AvgIpc) is 2.71. The molecule has 1 N–H and O–H groups in total. The quantitative estimate of drug-likeness (QED) is 0.606. The maximum Gasteiger partial charge on any atom is 0.257 e. The number of aromatic hydroxyl groups is 1. The molecule has 1 saturated heterocycles. The molecule has 1 atom stereocenters. The van der Waals surface area contributed by atoms with Gasteiger partial charge in [0.05, 0.1) is 40.2 Å². The van der Waals surface area contributed by atoms with Crippen LogP contribution in [-0.2, 0) is 4.79 Å². The molecular formula is C21H23NO6. The van der Waals surface area contributed by atoms with Crippen molar-refractivity contribution in [1.82, 2.24) is 0 Å². The van der Waals surface area contributed by atoms with Crippen molar-refractivity contribution in [3.05, 3.63) is 47.5 Å². The number of carbonyl (C=O) groups is 1. The highest BCUT2D eigenvalue weighted by atomic mass is 16.5. The summed E-state index contributed by atoms with van der Waals surface area (Å²) in [6.07, 6.45) is 1.78. The Kier molecular flexibility index (Phi) is 5.35. The summed E-state index contributed by atoms with van der Waals surface area (Å²) in [6, 6.07) is 8.20. The van der Waals surface area contributed by atoms with Crippen LogP contribution in [0, 0.1) is 0 Å². The first-order valence-corrected chi connectivity index (χ1v) is 8.67. The minimum absolute atomic E-state index is 0.0136. The van der Waals surface area contributed by atoms with E-state index in [0.717, 1.165) is 5.56 Å². The number of hydrogen-bond donors (Lipinski definition) is 1. The average molecular weight is 385 g/mol. The highest BCUT2D eigenvalue weighted by molar-refractivity contribution is 6.15. The summed E-state index contributed by atoms with van der Waals surface area (Å²) in [5, 5.41) is 10.2. The number of β-lactam (4-membered cyclic amide) rings is 1. The van der Waals surface area contributed by atoms with E-state index < -0.39 is 0 Å². The Morgan fingerprint density at radius 1 is 0.929 bits per heavy atom. The van der Waals surface area contributed by atoms with Crippen molar-refractivity contribution < 1.29 is 28.8 Å². The lowest BCUT2D eigenvalue weighted by Crippen LogP contribution is -2.49. The number of hydrogen-bond acceptors (Lipinski definition) is 6. The van der Waals surface area contributed by atoms with Gasteiger partial charge in [-0.3, -0.25) is 9.69 Å². The molecule has 0 spiro atoms. The molecular weight excluding hydrogens is 362 g/mol. The van der Waals surface area contributed by atoms with Crippen LogP contribution in [0.5, 0.6) is 28.7 Å². The van der Waals surface area contributed by atoms with Crippen LogP contribution < -0.4 is 23.8 Å². The number of methoxy groups -OCH3 is 4. The lowest BCUT2D eigenvalue weighted by Gasteiger charge is -2.43. The van der Waals surface area contributed by atoms with Crippen molar-refractivity contribution in [3.8, 4) is 28.7 Å². The minimum atomic E-state index is -0.350. The molecule has 2 aromatic rings. The second-order valence-electron chi connectivity index (χ2n) is 6.14. The van der Waals surface area contributed by atoms with E-state index in [0.29, 0.717) is 34.3 Å². The number of rotatable bonds is 6. The summed E-state index contributed by atoms with van der Waals surface area (Å²) in [5.41, 5.74) is 2.00. The predicted octanol–water partition coefficient (Wildman–Crippen LogP) is 3.46. The third-order valence-electron chi connectivity index (χ3n) is 4.78. The molecule has 3 rings (SSSR count). The Balaban J connectivity index is 2.10. The van der Waals surface area contributed by atoms with E-state index >= 15 is 0 Å². The Morgan fingerprint density at radius 3 is 2.00 bits per heavy atom. The number of benzene rings is 2. The van der Waals surface area contributed by atoms with Gasteiger partial charge in [0.2, 0.25) is 5.75 Å². The van der Waals surface area contributed by atoms with E-state index in [1.165, 1.54) is 28.4 Å². The molecule has 0 unspecified atom stereocenters. The van der Waals surface area contributed by atoms with Gasteiger partial charge >= 0.3 is 0 Å². The van der Waals surface area contributed by atoms with E-state index in [1.54, 1.807) is 35.2 Å². The molecule has 0 bridgehead atoms. The second-order valence-corrected chi connectivity index (χ2v) is 6.14. The number of nitrogens with zero attached hydrogens (tertiary/aromatic N) is 1. The van der Waals surface area contributed by atoms with Gasteiger partial charge in [0.15, 0.2) is 23.0 Å². The number of allylic oxidation sites excluding steroid dienone is 1. The fraction of sp³-hybridized carbons (Fsp3) is 0.286. The SMILES string of the molecule is C/C=C1/C(=O)N(c2cc(OC)c(OC)c(OC)c2)[C@H]1c1ccc(OC)c(O)c1. The molecule has 0 radical (unpaired) electrons. The van der Waals surface area contributed by atoms with Crippen molar-refractivity contribution in [2.75, 3.05) is 33.3 Å². The number of carbonyl (C=O) groups excluding carboxylic acids is 1. The molecule has 1 aliphatic rings. The van der Waals surface area contributed by atoms with Crippen molar-refractivity contribution in [2.24, 2.45) is 0 Å². The van der Waals surface area contributed by atoms with Crippen molar-refractivity contribution in [2.45, 2.75) is 13.0 Å². The zero-order valence-electron chi connectivity index (χ0n) is 16.5. The van der Waals surface area contributed by atoms with Crippen LogP contribution in [0.2, 0.25) is 0 Å². The molecule has 28 heavy (non-hydrogen) atoms. The Morgan fingerprint density at radius 2 is 1.54 bits per heavy atom. The number of phenolic OH excluding ortho intramolecular Hbond substituents is 1. The fourth-order valence-corrected chi connectivity index (χ4v) is 3.41. The van der Waals surface area contributed by atoms with Crippen LogP contribution in [0.4, 0.5) is 5.69 Å². The molecule has 1 amide bonds. The van der Waals surface area contributed by atoms with Crippen LogP contribution >= 0.6 is 0 Å². The molecule has 1 aliphatic heterocycles. The Labute approximate surface area is 163 Å². The van der Waals surface area contributed by atoms with E-state index in [4.69, 9.17) is 18.9 Å². The van der Waals surface area contributed by atoms with E-state index in [-0.39, 0.29) is 17.7 Å². The first-order valence-electron chi connectivity index (χ1n) is 8.67. The van der Waals surface area contributed by atoms with Gasteiger partial charge < -0.3 is 24.1 Å². The maximum absolute atomic E-state index is 12.8. The number of amides is 1. The summed E-state index contributed by atoms with van der Waals surface area (Å²) in [7, 11) is 6.06. The highest BCUT2D eigenvalue weighted by Crippen LogP contribution is 2.48. The topological polar surface area (TPSA) is 77.5 Å². The van der Waals surface area contributed by atoms with Gasteiger partial charge in [-0.2, -0.15) is 0 Å². The van der Waals surface area contributed by atoms with Crippen LogP contribution in [0.1, 0.15) is 18.5 Å². The summed E-state index contributed by atoms with van der Waals surface area (Å²) < 4.78 is 21.3. The van der Waals surface area contributed by atoms with Gasteiger partial charge in [-0.05, 0) is 24.6 Å². The first-order chi connectivity index (χ1) is 13.5. The Hall–Kier alpha value is -3.35. The van der Waals surface area contributed by atoms with Gasteiger partial charge in [0, 0.05) is 17.7 Å². The molecule has 1 heterocycles. The molecule has 148 valence electrons. The molecule has 0 aromatic heterocycles. The van der Waals surface area contributed by atoms with Gasteiger partial charge in [0.25, 0.3) is 5.91 Å². The first kappa shape index (κ1) is 19.4. The minimum Gasteiger partial charge on any atom is -0.504 e. The Bertz CT molecular complexity index is 911. The van der Waals surface area contributed by atoms with Gasteiger partial charge in [-0.15, -0.1) is 0 Å². The lowest BCUT2D eigenvalue weighted by atomic mass is 9.87. The van der Waals surface area contributed by atoms with Gasteiger partial charge in [-0.25, -0.2) is 0 Å². The molecule has 7 heteroatoms. The normalized spacial score (nSPS) is 17.3. The van der Waals surface area contributed by atoms with Crippen molar-refractivity contribution in [1.29, 1.82) is 0 Å². The zero-order valence-corrected chi connectivity index (χ0v) is 16.5. The summed E-state index contributed by atoms with van der Waals surface area (Å²) in [4.78, 5) is 14.4. The highest BCUT2D eigenvalue weighted by Gasteiger charge is 2.44. The second kappa shape index (κ2) is 7.72. The third-order valence-corrected chi connectivity index (χ3v) is 4.78. The van der Waals surface area contributed by atoms with Crippen LogP contribution in [0.15, 0.2) is 42.0 Å². The van der Waals surface area contributed by atoms with Crippen LogP contribution in [0.25, 0.3) is 0 Å². The zero-order chi connectivity index (χ0) is 20.4. The summed E-state index contributed by atoms with van der Waals surface area (Å²) in [5.74, 6) is 1.61. The van der Waals surface area contributed by atoms with Gasteiger partial charge in [0.1, 0.15) is 0 Å².